The van der Waals surface area contributed by atoms with Gasteiger partial charge >= 0.3 is 0 Å². The Bertz CT molecular complexity index is 218. The maximum Gasteiger partial charge on any atom is 0.182 e. The van der Waals surface area contributed by atoms with Gasteiger partial charge in [-0.3, -0.25) is 0 Å². The smallest absolute Gasteiger partial charge is 0.182 e. The van der Waals surface area contributed by atoms with Crippen molar-refractivity contribution >= 4 is 7.49 Å². The Morgan fingerprint density at radius 2 is 1.50 bits per heavy atom. The SMILES string of the molecule is C[P+](C)(C)Oc1ccccc1.[Cl-]. The van der Waals surface area contributed by atoms with E-state index in [9.17, 15) is 0 Å². The first-order valence-electron chi connectivity index (χ1n) is 3.64. The standard InChI is InChI=1S/C9H14OP.ClH/c1-11(2,3)10-9-7-5-4-6-8-9;/h4-8H,1-3H3;1H/q+1;/p-1. The van der Waals surface area contributed by atoms with Crippen molar-refractivity contribution in [2.75, 3.05) is 20.0 Å². The van der Waals surface area contributed by atoms with Crippen molar-refractivity contribution in [1.82, 2.24) is 0 Å². The van der Waals surface area contributed by atoms with E-state index < -0.39 is 7.49 Å². The molecule has 0 atom stereocenters. The largest absolute Gasteiger partial charge is 1.00 e. The van der Waals surface area contributed by atoms with Gasteiger partial charge in [0.25, 0.3) is 0 Å². The summed E-state index contributed by atoms with van der Waals surface area (Å²) >= 11 is 0. The first-order valence-corrected chi connectivity index (χ1v) is 6.69. The fraction of sp³-hybridized carbons (Fsp3) is 0.333. The molecule has 1 aromatic carbocycles. The van der Waals surface area contributed by atoms with Crippen molar-refractivity contribution < 1.29 is 16.9 Å². The summed E-state index contributed by atoms with van der Waals surface area (Å²) in [6.07, 6.45) is 0. The third kappa shape index (κ3) is 4.58. The summed E-state index contributed by atoms with van der Waals surface area (Å²) in [6, 6.07) is 9.96. The molecule has 1 nitrogen and oxygen atoms in total. The summed E-state index contributed by atoms with van der Waals surface area (Å²) in [7, 11) is -1.14. The Morgan fingerprint density at radius 1 is 1.00 bits per heavy atom. The summed E-state index contributed by atoms with van der Waals surface area (Å²) in [4.78, 5) is 0. The van der Waals surface area contributed by atoms with Crippen molar-refractivity contribution in [3.05, 3.63) is 30.3 Å². The summed E-state index contributed by atoms with van der Waals surface area (Å²) in [6.45, 7) is 6.46. The van der Waals surface area contributed by atoms with Gasteiger partial charge in [-0.05, 0) is 12.1 Å². The Hall–Kier alpha value is -0.260. The van der Waals surface area contributed by atoms with Crippen LogP contribution in [0, 0.1) is 0 Å². The Labute approximate surface area is 81.0 Å². The molecule has 0 aliphatic carbocycles. The van der Waals surface area contributed by atoms with Gasteiger partial charge in [0, 0.05) is 0 Å². The topological polar surface area (TPSA) is 9.23 Å². The lowest BCUT2D eigenvalue weighted by molar-refractivity contribution is -0.00000326. The van der Waals surface area contributed by atoms with Gasteiger partial charge in [-0.25, -0.2) is 0 Å². The Morgan fingerprint density at radius 3 is 1.92 bits per heavy atom. The predicted molar refractivity (Wildman–Crippen MR) is 51.8 cm³/mol. The number of halogens is 1. The van der Waals surface area contributed by atoms with Crippen molar-refractivity contribution in [2.24, 2.45) is 0 Å². The molecule has 0 spiro atoms. The predicted octanol–water partition coefficient (Wildman–Crippen LogP) is -0.109. The van der Waals surface area contributed by atoms with Crippen molar-refractivity contribution in [3.8, 4) is 5.75 Å². The maximum absolute atomic E-state index is 5.71. The molecule has 0 amide bonds. The first kappa shape index (κ1) is 11.7. The minimum Gasteiger partial charge on any atom is -1.00 e. The molecule has 0 saturated heterocycles. The maximum atomic E-state index is 5.71. The lowest BCUT2D eigenvalue weighted by Crippen LogP contribution is -3.00. The van der Waals surface area contributed by atoms with Crippen molar-refractivity contribution in [2.45, 2.75) is 0 Å². The molecule has 0 N–H and O–H groups in total. The molecule has 0 aromatic heterocycles. The molecule has 1 aromatic rings. The van der Waals surface area contributed by atoms with Crippen LogP contribution in [0.5, 0.6) is 5.75 Å². The second-order valence-corrected chi connectivity index (χ2v) is 7.26. The van der Waals surface area contributed by atoms with E-state index in [1.807, 2.05) is 30.3 Å². The van der Waals surface area contributed by atoms with E-state index in [0.717, 1.165) is 5.75 Å². The van der Waals surface area contributed by atoms with E-state index in [2.05, 4.69) is 20.0 Å². The van der Waals surface area contributed by atoms with Gasteiger partial charge in [-0.2, -0.15) is 0 Å². The zero-order valence-electron chi connectivity index (χ0n) is 7.62. The normalized spacial score (nSPS) is 10.2. The molecule has 0 fully saturated rings. The van der Waals surface area contributed by atoms with Crippen LogP contribution < -0.4 is 16.9 Å². The zero-order valence-corrected chi connectivity index (χ0v) is 9.27. The molecule has 0 bridgehead atoms. The molecule has 0 heterocycles. The number of rotatable bonds is 2. The second kappa shape index (κ2) is 4.69. The van der Waals surface area contributed by atoms with Gasteiger partial charge in [-0.1, -0.05) is 18.2 Å². The van der Waals surface area contributed by atoms with Crippen LogP contribution in [0.4, 0.5) is 0 Å². The summed E-state index contributed by atoms with van der Waals surface area (Å²) < 4.78 is 5.71. The van der Waals surface area contributed by atoms with E-state index >= 15 is 0 Å². The highest BCUT2D eigenvalue weighted by atomic mass is 35.5. The Kier molecular flexibility index (Phi) is 4.59. The van der Waals surface area contributed by atoms with Gasteiger partial charge in [0.15, 0.2) is 13.2 Å². The summed E-state index contributed by atoms with van der Waals surface area (Å²) in [5.74, 6) is 0.980. The minimum atomic E-state index is -1.14. The average Bonchev–Trinajstić information content (AvgIpc) is 1.85. The molecule has 68 valence electrons. The number of para-hydroxylation sites is 1. The van der Waals surface area contributed by atoms with E-state index in [4.69, 9.17) is 4.52 Å². The fourth-order valence-corrected chi connectivity index (χ4v) is 1.55. The molecule has 0 unspecified atom stereocenters. The van der Waals surface area contributed by atoms with Crippen LogP contribution in [-0.2, 0) is 0 Å². The van der Waals surface area contributed by atoms with Gasteiger partial charge in [0.2, 0.25) is 0 Å². The quantitative estimate of drug-likeness (QED) is 0.611. The Balaban J connectivity index is 0.00000121. The summed E-state index contributed by atoms with van der Waals surface area (Å²) in [5.41, 5.74) is 0. The van der Waals surface area contributed by atoms with E-state index in [1.165, 1.54) is 0 Å². The van der Waals surface area contributed by atoms with Crippen LogP contribution >= 0.6 is 7.49 Å². The number of benzene rings is 1. The highest BCUT2D eigenvalue weighted by Gasteiger charge is 2.19. The molecule has 0 saturated carbocycles. The fourth-order valence-electron chi connectivity index (χ4n) is 0.798. The molecule has 0 aliphatic rings. The third-order valence-electron chi connectivity index (χ3n) is 1.12. The highest BCUT2D eigenvalue weighted by molar-refractivity contribution is 7.69. The summed E-state index contributed by atoms with van der Waals surface area (Å²) in [5, 5.41) is 0. The van der Waals surface area contributed by atoms with Crippen LogP contribution in [0.3, 0.4) is 0 Å². The van der Waals surface area contributed by atoms with Gasteiger partial charge < -0.3 is 16.9 Å². The van der Waals surface area contributed by atoms with Crippen molar-refractivity contribution in [3.63, 3.8) is 0 Å². The van der Waals surface area contributed by atoms with E-state index in [-0.39, 0.29) is 12.4 Å². The minimum absolute atomic E-state index is 0. The monoisotopic (exact) mass is 204 g/mol. The molecule has 1 rings (SSSR count). The van der Waals surface area contributed by atoms with E-state index in [1.54, 1.807) is 0 Å². The van der Waals surface area contributed by atoms with Crippen LogP contribution in [0.25, 0.3) is 0 Å². The molecule has 0 radical (unpaired) electrons. The van der Waals surface area contributed by atoms with Gasteiger partial charge in [0.05, 0.1) is 20.0 Å². The molecular weight excluding hydrogens is 191 g/mol. The van der Waals surface area contributed by atoms with E-state index in [0.29, 0.717) is 0 Å². The van der Waals surface area contributed by atoms with Crippen LogP contribution in [0.2, 0.25) is 0 Å². The number of hydrogen-bond acceptors (Lipinski definition) is 1. The van der Waals surface area contributed by atoms with Crippen LogP contribution in [0.15, 0.2) is 30.3 Å². The first-order chi connectivity index (χ1) is 5.08. The second-order valence-electron chi connectivity index (χ2n) is 3.29. The van der Waals surface area contributed by atoms with Gasteiger partial charge in [-0.15, -0.1) is 0 Å². The number of hydrogen-bond donors (Lipinski definition) is 0. The van der Waals surface area contributed by atoms with Crippen LogP contribution in [0.1, 0.15) is 0 Å². The highest BCUT2D eigenvalue weighted by Crippen LogP contribution is 2.47. The molecule has 0 aliphatic heterocycles. The lowest BCUT2D eigenvalue weighted by atomic mass is 10.3. The third-order valence-corrected chi connectivity index (χ3v) is 1.88. The molecule has 12 heavy (non-hydrogen) atoms. The van der Waals surface area contributed by atoms with Gasteiger partial charge in [0.1, 0.15) is 0 Å². The lowest BCUT2D eigenvalue weighted by Gasteiger charge is -2.11. The van der Waals surface area contributed by atoms with Crippen LogP contribution in [-0.4, -0.2) is 20.0 Å². The zero-order chi connectivity index (χ0) is 8.32. The molecular formula is C9H14ClOP. The van der Waals surface area contributed by atoms with Crippen molar-refractivity contribution in [1.29, 1.82) is 0 Å². The molecule has 3 heteroatoms. The average molecular weight is 205 g/mol.